The van der Waals surface area contributed by atoms with E-state index in [1.165, 1.54) is 31.9 Å². The van der Waals surface area contributed by atoms with E-state index >= 15 is 0 Å². The van der Waals surface area contributed by atoms with Gasteiger partial charge in [0, 0.05) is 19.0 Å². The first-order valence-electron chi connectivity index (χ1n) is 4.70. The zero-order valence-electron chi connectivity index (χ0n) is 9.54. The van der Waals surface area contributed by atoms with Crippen molar-refractivity contribution in [1.82, 2.24) is 14.6 Å². The fourth-order valence-corrected chi connectivity index (χ4v) is 2.93. The van der Waals surface area contributed by atoms with Crippen LogP contribution in [-0.2, 0) is 10.0 Å². The second-order valence-corrected chi connectivity index (χ2v) is 6.48. The molecule has 0 saturated carbocycles. The summed E-state index contributed by atoms with van der Waals surface area (Å²) in [6.07, 6.45) is 1.88. The van der Waals surface area contributed by atoms with Crippen molar-refractivity contribution in [1.29, 1.82) is 0 Å². The fraction of sp³-hybridized carbons (Fsp3) is 0.333. The molecule has 92 valence electrons. The van der Waals surface area contributed by atoms with Crippen molar-refractivity contribution in [2.75, 3.05) is 20.4 Å². The van der Waals surface area contributed by atoms with Crippen molar-refractivity contribution in [2.45, 2.75) is 9.79 Å². The highest BCUT2D eigenvalue weighted by Gasteiger charge is 2.24. The summed E-state index contributed by atoms with van der Waals surface area (Å²) in [5.41, 5.74) is 0.742. The topological polar surface area (TPSA) is 76.3 Å². The highest BCUT2D eigenvalue weighted by atomic mass is 32.2. The highest BCUT2D eigenvalue weighted by molar-refractivity contribution is 7.98. The summed E-state index contributed by atoms with van der Waals surface area (Å²) in [5.74, 6) is 0. The first-order chi connectivity index (χ1) is 7.98. The maximum absolute atomic E-state index is 12.1. The van der Waals surface area contributed by atoms with Crippen LogP contribution in [0.4, 0.5) is 0 Å². The lowest BCUT2D eigenvalue weighted by atomic mass is 10.3. The van der Waals surface area contributed by atoms with Crippen molar-refractivity contribution < 1.29 is 13.0 Å². The Bertz CT molecular complexity index is 649. The molecule has 0 radical (unpaired) electrons. The molecule has 0 unspecified atom stereocenters. The van der Waals surface area contributed by atoms with E-state index in [0.29, 0.717) is 5.52 Å². The van der Waals surface area contributed by atoms with Crippen molar-refractivity contribution >= 4 is 32.8 Å². The van der Waals surface area contributed by atoms with E-state index in [1.807, 2.05) is 6.26 Å². The van der Waals surface area contributed by atoms with Gasteiger partial charge in [0.25, 0.3) is 0 Å². The predicted octanol–water partition coefficient (Wildman–Crippen LogP) is 1.20. The molecule has 17 heavy (non-hydrogen) atoms. The normalized spacial score (nSPS) is 12.5. The Labute approximate surface area is 103 Å². The van der Waals surface area contributed by atoms with E-state index in [4.69, 9.17) is 0 Å². The Hall–Kier alpha value is -1.12. The zero-order chi connectivity index (χ0) is 12.6. The molecule has 1 aromatic carbocycles. The molecule has 1 aromatic heterocycles. The van der Waals surface area contributed by atoms with Crippen LogP contribution >= 0.6 is 11.8 Å². The molecule has 6 nitrogen and oxygen atoms in total. The number of hydrogen-bond acceptors (Lipinski definition) is 6. The summed E-state index contributed by atoms with van der Waals surface area (Å²) in [6.45, 7) is 0. The number of rotatable bonds is 3. The molecule has 1 heterocycles. The third kappa shape index (κ3) is 1.92. The van der Waals surface area contributed by atoms with Gasteiger partial charge in [0.05, 0.1) is 0 Å². The SMILES string of the molecule is CSc1ccc(S(=O)(=O)N(C)C)c2nonc12. The van der Waals surface area contributed by atoms with Crippen LogP contribution < -0.4 is 0 Å². The van der Waals surface area contributed by atoms with Crippen LogP contribution in [0.5, 0.6) is 0 Å². The van der Waals surface area contributed by atoms with E-state index in [1.54, 1.807) is 6.07 Å². The summed E-state index contributed by atoms with van der Waals surface area (Å²) < 4.78 is 29.9. The number of hydrogen-bond donors (Lipinski definition) is 0. The lowest BCUT2D eigenvalue weighted by Gasteiger charge is -2.11. The van der Waals surface area contributed by atoms with Gasteiger partial charge in [-0.2, -0.15) is 0 Å². The molecule has 0 atom stereocenters. The van der Waals surface area contributed by atoms with Gasteiger partial charge in [0.15, 0.2) is 5.52 Å². The average Bonchev–Trinajstić information content (AvgIpc) is 2.75. The monoisotopic (exact) mass is 273 g/mol. The lowest BCUT2D eigenvalue weighted by molar-refractivity contribution is 0.314. The summed E-state index contributed by atoms with van der Waals surface area (Å²) in [6, 6.07) is 3.22. The van der Waals surface area contributed by atoms with Gasteiger partial charge >= 0.3 is 0 Å². The minimum Gasteiger partial charge on any atom is -0.243 e. The lowest BCUT2D eigenvalue weighted by Crippen LogP contribution is -2.22. The summed E-state index contributed by atoms with van der Waals surface area (Å²) in [4.78, 5) is 0.940. The van der Waals surface area contributed by atoms with Crippen molar-refractivity contribution in [3.05, 3.63) is 12.1 Å². The van der Waals surface area contributed by atoms with Gasteiger partial charge in [0.1, 0.15) is 10.4 Å². The third-order valence-corrected chi connectivity index (χ3v) is 4.94. The van der Waals surface area contributed by atoms with Crippen LogP contribution in [0, 0.1) is 0 Å². The Morgan fingerprint density at radius 1 is 1.24 bits per heavy atom. The number of thioether (sulfide) groups is 1. The number of aromatic nitrogens is 2. The van der Waals surface area contributed by atoms with Crippen LogP contribution in [0.3, 0.4) is 0 Å². The van der Waals surface area contributed by atoms with Crippen LogP contribution in [0.15, 0.2) is 26.6 Å². The van der Waals surface area contributed by atoms with E-state index in [0.717, 1.165) is 9.20 Å². The molecular weight excluding hydrogens is 262 g/mol. The van der Waals surface area contributed by atoms with Crippen molar-refractivity contribution in [2.24, 2.45) is 0 Å². The van der Waals surface area contributed by atoms with E-state index in [2.05, 4.69) is 14.9 Å². The standard InChI is InChI=1S/C9H11N3O3S2/c1-12(2)17(13,14)7-5-4-6(16-3)8-9(7)11-15-10-8/h4-5H,1-3H3. The van der Waals surface area contributed by atoms with Crippen LogP contribution in [0.1, 0.15) is 0 Å². The summed E-state index contributed by atoms with van der Waals surface area (Å²) in [5, 5.41) is 7.40. The summed E-state index contributed by atoms with van der Waals surface area (Å²) in [7, 11) is -0.598. The van der Waals surface area contributed by atoms with Gasteiger partial charge < -0.3 is 0 Å². The largest absolute Gasteiger partial charge is 0.244 e. The quantitative estimate of drug-likeness (QED) is 0.782. The average molecular weight is 273 g/mol. The van der Waals surface area contributed by atoms with Gasteiger partial charge in [-0.05, 0) is 28.7 Å². The molecule has 0 spiro atoms. The fourth-order valence-electron chi connectivity index (χ4n) is 1.39. The molecule has 0 fully saturated rings. The second-order valence-electron chi connectivity index (χ2n) is 3.51. The van der Waals surface area contributed by atoms with Crippen LogP contribution in [-0.4, -0.2) is 43.4 Å². The molecule has 0 saturated heterocycles. The molecular formula is C9H11N3O3S2. The molecule has 0 N–H and O–H groups in total. The van der Waals surface area contributed by atoms with Crippen LogP contribution in [0.25, 0.3) is 11.0 Å². The number of nitrogens with zero attached hydrogens (tertiary/aromatic N) is 3. The van der Waals surface area contributed by atoms with Crippen molar-refractivity contribution in [3.8, 4) is 0 Å². The molecule has 0 aliphatic rings. The molecule has 0 aliphatic heterocycles. The Balaban J connectivity index is 2.78. The molecule has 0 amide bonds. The number of sulfonamides is 1. The van der Waals surface area contributed by atoms with Crippen molar-refractivity contribution in [3.63, 3.8) is 0 Å². The molecule has 0 aliphatic carbocycles. The third-order valence-electron chi connectivity index (χ3n) is 2.32. The first kappa shape index (κ1) is 12.3. The van der Waals surface area contributed by atoms with Gasteiger partial charge in [-0.3, -0.25) is 0 Å². The second kappa shape index (κ2) is 4.28. The molecule has 8 heteroatoms. The smallest absolute Gasteiger partial charge is 0.243 e. The zero-order valence-corrected chi connectivity index (χ0v) is 11.2. The van der Waals surface area contributed by atoms with Gasteiger partial charge in [-0.25, -0.2) is 17.4 Å². The minimum absolute atomic E-state index is 0.108. The van der Waals surface area contributed by atoms with Crippen LogP contribution in [0.2, 0.25) is 0 Å². The molecule has 2 rings (SSSR count). The van der Waals surface area contributed by atoms with E-state index < -0.39 is 10.0 Å². The Morgan fingerprint density at radius 3 is 2.47 bits per heavy atom. The maximum Gasteiger partial charge on any atom is 0.244 e. The minimum atomic E-state index is -3.54. The van der Waals surface area contributed by atoms with E-state index in [-0.39, 0.29) is 10.4 Å². The van der Waals surface area contributed by atoms with Gasteiger partial charge in [-0.1, -0.05) is 0 Å². The highest BCUT2D eigenvalue weighted by Crippen LogP contribution is 2.29. The predicted molar refractivity (Wildman–Crippen MR) is 64.5 cm³/mol. The van der Waals surface area contributed by atoms with E-state index in [9.17, 15) is 8.42 Å². The van der Waals surface area contributed by atoms with Gasteiger partial charge in [0.2, 0.25) is 10.0 Å². The Morgan fingerprint density at radius 2 is 1.88 bits per heavy atom. The number of benzene rings is 1. The van der Waals surface area contributed by atoms with Gasteiger partial charge in [-0.15, -0.1) is 11.8 Å². The Kier molecular flexibility index (Phi) is 3.11. The number of fused-ring (bicyclic) bond motifs is 1. The maximum atomic E-state index is 12.1. The molecule has 0 bridgehead atoms. The molecule has 2 aromatic rings. The summed E-state index contributed by atoms with van der Waals surface area (Å²) >= 11 is 1.46. The first-order valence-corrected chi connectivity index (χ1v) is 7.36.